The first-order valence-corrected chi connectivity index (χ1v) is 5.06. The SMILES string of the molecule is NCC1(CO)CC1c1occc1Br. The number of furan rings is 1. The van der Waals surface area contributed by atoms with Crippen LogP contribution >= 0.6 is 15.9 Å². The molecule has 72 valence electrons. The monoisotopic (exact) mass is 245 g/mol. The molecule has 2 unspecified atom stereocenters. The molecule has 1 fully saturated rings. The highest BCUT2D eigenvalue weighted by atomic mass is 79.9. The molecule has 0 bridgehead atoms. The summed E-state index contributed by atoms with van der Waals surface area (Å²) in [5.41, 5.74) is 5.48. The highest BCUT2D eigenvalue weighted by Crippen LogP contribution is 2.59. The van der Waals surface area contributed by atoms with E-state index in [9.17, 15) is 5.11 Å². The van der Waals surface area contributed by atoms with Gasteiger partial charge in [0.2, 0.25) is 0 Å². The van der Waals surface area contributed by atoms with Gasteiger partial charge < -0.3 is 15.3 Å². The van der Waals surface area contributed by atoms with Crippen molar-refractivity contribution in [3.63, 3.8) is 0 Å². The summed E-state index contributed by atoms with van der Waals surface area (Å²) in [5, 5.41) is 9.18. The molecule has 13 heavy (non-hydrogen) atoms. The molecular weight excluding hydrogens is 234 g/mol. The summed E-state index contributed by atoms with van der Waals surface area (Å²) >= 11 is 3.40. The van der Waals surface area contributed by atoms with E-state index in [0.717, 1.165) is 16.7 Å². The van der Waals surface area contributed by atoms with Gasteiger partial charge in [-0.1, -0.05) is 0 Å². The summed E-state index contributed by atoms with van der Waals surface area (Å²) in [7, 11) is 0. The number of aliphatic hydroxyl groups excluding tert-OH is 1. The van der Waals surface area contributed by atoms with E-state index in [2.05, 4.69) is 15.9 Å². The molecular formula is C9H12BrNO2. The Labute approximate surface area is 85.0 Å². The maximum absolute atomic E-state index is 9.18. The summed E-state index contributed by atoms with van der Waals surface area (Å²) in [6, 6.07) is 1.87. The van der Waals surface area contributed by atoms with Crippen molar-refractivity contribution >= 4 is 15.9 Å². The molecule has 1 aliphatic rings. The quantitative estimate of drug-likeness (QED) is 0.848. The van der Waals surface area contributed by atoms with Crippen LogP contribution in [-0.4, -0.2) is 18.3 Å². The topological polar surface area (TPSA) is 59.4 Å². The van der Waals surface area contributed by atoms with E-state index in [1.807, 2.05) is 6.07 Å². The van der Waals surface area contributed by atoms with Crippen molar-refractivity contribution < 1.29 is 9.52 Å². The highest BCUT2D eigenvalue weighted by molar-refractivity contribution is 9.10. The Morgan fingerprint density at radius 2 is 2.54 bits per heavy atom. The van der Waals surface area contributed by atoms with Gasteiger partial charge in [0.05, 0.1) is 17.3 Å². The first-order valence-electron chi connectivity index (χ1n) is 4.27. The second kappa shape index (κ2) is 3.12. The number of nitrogens with two attached hydrogens (primary N) is 1. The van der Waals surface area contributed by atoms with E-state index >= 15 is 0 Å². The molecule has 0 aromatic carbocycles. The van der Waals surface area contributed by atoms with Crippen LogP contribution in [0.2, 0.25) is 0 Å². The molecule has 0 aliphatic heterocycles. The van der Waals surface area contributed by atoms with Crippen molar-refractivity contribution in [3.8, 4) is 0 Å². The number of aliphatic hydroxyl groups is 1. The van der Waals surface area contributed by atoms with E-state index in [4.69, 9.17) is 10.2 Å². The van der Waals surface area contributed by atoms with Gasteiger partial charge in [-0.15, -0.1) is 0 Å². The van der Waals surface area contributed by atoms with Gasteiger partial charge >= 0.3 is 0 Å². The van der Waals surface area contributed by atoms with E-state index in [0.29, 0.717) is 6.54 Å². The summed E-state index contributed by atoms with van der Waals surface area (Å²) < 4.78 is 6.31. The maximum Gasteiger partial charge on any atom is 0.121 e. The predicted octanol–water partition coefficient (Wildman–Crippen LogP) is 1.47. The van der Waals surface area contributed by atoms with Gasteiger partial charge in [-0.3, -0.25) is 0 Å². The van der Waals surface area contributed by atoms with Crippen LogP contribution in [0, 0.1) is 5.41 Å². The minimum absolute atomic E-state index is 0.125. The Kier molecular flexibility index (Phi) is 2.21. The van der Waals surface area contributed by atoms with Crippen LogP contribution in [0.15, 0.2) is 21.2 Å². The molecule has 0 amide bonds. The average Bonchev–Trinajstić information content (AvgIpc) is 2.74. The van der Waals surface area contributed by atoms with E-state index in [-0.39, 0.29) is 17.9 Å². The van der Waals surface area contributed by atoms with Gasteiger partial charge in [0.1, 0.15) is 5.76 Å². The van der Waals surface area contributed by atoms with Gasteiger partial charge in [0, 0.05) is 17.9 Å². The second-order valence-electron chi connectivity index (χ2n) is 3.61. The van der Waals surface area contributed by atoms with Crippen molar-refractivity contribution in [2.24, 2.45) is 11.1 Å². The average molecular weight is 246 g/mol. The van der Waals surface area contributed by atoms with E-state index in [1.165, 1.54) is 0 Å². The lowest BCUT2D eigenvalue weighted by Gasteiger charge is -2.09. The summed E-state index contributed by atoms with van der Waals surface area (Å²) in [6.07, 6.45) is 2.57. The second-order valence-corrected chi connectivity index (χ2v) is 4.47. The Morgan fingerprint density at radius 1 is 1.77 bits per heavy atom. The minimum Gasteiger partial charge on any atom is -0.468 e. The zero-order chi connectivity index (χ0) is 9.47. The molecule has 1 saturated carbocycles. The predicted molar refractivity (Wildman–Crippen MR) is 52.3 cm³/mol. The van der Waals surface area contributed by atoms with Crippen LogP contribution in [0.1, 0.15) is 18.1 Å². The lowest BCUT2D eigenvalue weighted by Crippen LogP contribution is -2.21. The molecule has 0 radical (unpaired) electrons. The van der Waals surface area contributed by atoms with E-state index < -0.39 is 0 Å². The van der Waals surface area contributed by atoms with Crippen LogP contribution in [-0.2, 0) is 0 Å². The molecule has 1 heterocycles. The highest BCUT2D eigenvalue weighted by Gasteiger charge is 2.55. The number of hydrogen-bond acceptors (Lipinski definition) is 3. The van der Waals surface area contributed by atoms with Crippen molar-refractivity contribution in [1.82, 2.24) is 0 Å². The molecule has 3 nitrogen and oxygen atoms in total. The third kappa shape index (κ3) is 1.33. The van der Waals surface area contributed by atoms with Crippen LogP contribution in [0.3, 0.4) is 0 Å². The molecule has 4 heteroatoms. The number of halogens is 1. The van der Waals surface area contributed by atoms with Crippen LogP contribution in [0.25, 0.3) is 0 Å². The Balaban J connectivity index is 2.19. The number of hydrogen-bond donors (Lipinski definition) is 2. The molecule has 0 spiro atoms. The largest absolute Gasteiger partial charge is 0.468 e. The van der Waals surface area contributed by atoms with E-state index in [1.54, 1.807) is 6.26 Å². The zero-order valence-electron chi connectivity index (χ0n) is 7.16. The van der Waals surface area contributed by atoms with Gasteiger partial charge in [-0.2, -0.15) is 0 Å². The number of rotatable bonds is 3. The third-order valence-corrected chi connectivity index (χ3v) is 3.53. The molecule has 2 rings (SSSR count). The van der Waals surface area contributed by atoms with Gasteiger partial charge in [-0.25, -0.2) is 0 Å². The first-order chi connectivity index (χ1) is 6.23. The standard InChI is InChI=1S/C9H12BrNO2/c10-7-1-2-13-8(7)6-3-9(6,4-11)5-12/h1-2,6,12H,3-5,11H2. The van der Waals surface area contributed by atoms with Crippen LogP contribution in [0.5, 0.6) is 0 Å². The van der Waals surface area contributed by atoms with Crippen LogP contribution < -0.4 is 5.73 Å². The lowest BCUT2D eigenvalue weighted by atomic mass is 10.0. The molecule has 1 aliphatic carbocycles. The fourth-order valence-electron chi connectivity index (χ4n) is 1.74. The van der Waals surface area contributed by atoms with Crippen LogP contribution in [0.4, 0.5) is 0 Å². The summed E-state index contributed by atoms with van der Waals surface area (Å²) in [6.45, 7) is 0.655. The normalized spacial score (nSPS) is 32.1. The Hall–Kier alpha value is -0.320. The fraction of sp³-hybridized carbons (Fsp3) is 0.556. The molecule has 1 aromatic heterocycles. The fourth-order valence-corrected chi connectivity index (χ4v) is 2.22. The molecule has 1 aromatic rings. The van der Waals surface area contributed by atoms with Crippen molar-refractivity contribution in [2.75, 3.05) is 13.2 Å². The Bertz CT molecular complexity index is 306. The summed E-state index contributed by atoms with van der Waals surface area (Å²) in [4.78, 5) is 0. The van der Waals surface area contributed by atoms with Gasteiger partial charge in [-0.05, 0) is 28.4 Å². The van der Waals surface area contributed by atoms with Crippen molar-refractivity contribution in [3.05, 3.63) is 22.6 Å². The van der Waals surface area contributed by atoms with Crippen molar-refractivity contribution in [1.29, 1.82) is 0 Å². The van der Waals surface area contributed by atoms with Gasteiger partial charge in [0.15, 0.2) is 0 Å². The maximum atomic E-state index is 9.18. The zero-order valence-corrected chi connectivity index (χ0v) is 8.75. The molecule has 0 saturated heterocycles. The molecule has 2 atom stereocenters. The Morgan fingerprint density at radius 3 is 2.92 bits per heavy atom. The first kappa shape index (κ1) is 9.24. The van der Waals surface area contributed by atoms with Crippen molar-refractivity contribution in [2.45, 2.75) is 12.3 Å². The third-order valence-electron chi connectivity index (χ3n) is 2.87. The van der Waals surface area contributed by atoms with Gasteiger partial charge in [0.25, 0.3) is 0 Å². The smallest absolute Gasteiger partial charge is 0.121 e. The molecule has 3 N–H and O–H groups in total. The lowest BCUT2D eigenvalue weighted by molar-refractivity contribution is 0.208. The summed E-state index contributed by atoms with van der Waals surface area (Å²) in [5.74, 6) is 1.20. The minimum atomic E-state index is -0.125.